The first-order chi connectivity index (χ1) is 15.5. The number of H-pyrrole nitrogens is 1. The van der Waals surface area contributed by atoms with Gasteiger partial charge in [-0.3, -0.25) is 4.79 Å². The van der Waals surface area contributed by atoms with Crippen LogP contribution in [0.5, 0.6) is 0 Å². The molecule has 10 heteroatoms. The van der Waals surface area contributed by atoms with Crippen LogP contribution in [0.2, 0.25) is 0 Å². The van der Waals surface area contributed by atoms with Gasteiger partial charge in [0, 0.05) is 41.1 Å². The first-order valence-electron chi connectivity index (χ1n) is 9.80. The molecule has 0 aliphatic carbocycles. The summed E-state index contributed by atoms with van der Waals surface area (Å²) in [5.74, 6) is -0.736. The number of benzene rings is 1. The van der Waals surface area contributed by atoms with Crippen LogP contribution >= 0.6 is 0 Å². The van der Waals surface area contributed by atoms with Crippen molar-refractivity contribution in [3.63, 3.8) is 0 Å². The van der Waals surface area contributed by atoms with E-state index in [9.17, 15) is 9.59 Å². The van der Waals surface area contributed by atoms with Crippen LogP contribution in [-0.2, 0) is 22.6 Å². The summed E-state index contributed by atoms with van der Waals surface area (Å²) in [6.07, 6.45) is 2.97. The van der Waals surface area contributed by atoms with Gasteiger partial charge in [0.2, 0.25) is 5.78 Å². The largest absolute Gasteiger partial charge is 0.465 e. The molecule has 32 heavy (non-hydrogen) atoms. The second kappa shape index (κ2) is 7.57. The number of fused-ring (bicyclic) bond motifs is 2. The fourth-order valence-electron chi connectivity index (χ4n) is 3.78. The Kier molecular flexibility index (Phi) is 4.71. The third kappa shape index (κ3) is 3.21. The molecule has 4 aromatic rings. The number of carbonyl (C=O) groups excluding carboxylic acids is 2. The van der Waals surface area contributed by atoms with Crippen LogP contribution in [0.15, 0.2) is 36.7 Å². The Labute approximate surface area is 181 Å². The molecule has 0 atom stereocenters. The molecule has 1 aliphatic heterocycles. The molecule has 0 fully saturated rings. The van der Waals surface area contributed by atoms with Crippen LogP contribution < -0.4 is 5.73 Å². The third-order valence-corrected chi connectivity index (χ3v) is 5.42. The van der Waals surface area contributed by atoms with Gasteiger partial charge in [-0.15, -0.1) is 0 Å². The zero-order valence-corrected chi connectivity index (χ0v) is 17.0. The van der Waals surface area contributed by atoms with Gasteiger partial charge in [-0.2, -0.15) is 0 Å². The molecule has 0 spiro atoms. The molecule has 162 valence electrons. The summed E-state index contributed by atoms with van der Waals surface area (Å²) in [7, 11) is 1.26. The normalized spacial score (nSPS) is 13.2. The summed E-state index contributed by atoms with van der Waals surface area (Å²) in [6.45, 7) is 1.52. The number of nitrogen functional groups attached to an aromatic ring is 1. The molecule has 9 nitrogen and oxygen atoms in total. The number of pyridine rings is 1. The smallest absolute Gasteiger partial charge is 0.340 e. The zero-order chi connectivity index (χ0) is 22.4. The van der Waals surface area contributed by atoms with E-state index in [0.29, 0.717) is 42.2 Å². The minimum atomic E-state index is -0.610. The molecular formula is C22H18FN5O4. The van der Waals surface area contributed by atoms with E-state index in [1.165, 1.54) is 31.5 Å². The van der Waals surface area contributed by atoms with Crippen molar-refractivity contribution in [2.24, 2.45) is 0 Å². The number of esters is 1. The molecule has 0 amide bonds. The summed E-state index contributed by atoms with van der Waals surface area (Å²) < 4.78 is 27.0. The second-order valence-electron chi connectivity index (χ2n) is 7.33. The summed E-state index contributed by atoms with van der Waals surface area (Å²) >= 11 is 0. The minimum Gasteiger partial charge on any atom is -0.465 e. The molecular weight excluding hydrogens is 417 g/mol. The van der Waals surface area contributed by atoms with Crippen molar-refractivity contribution in [2.75, 3.05) is 19.5 Å². The van der Waals surface area contributed by atoms with Crippen molar-refractivity contribution in [3.05, 3.63) is 65.1 Å². The van der Waals surface area contributed by atoms with Crippen molar-refractivity contribution in [2.45, 2.75) is 13.2 Å². The van der Waals surface area contributed by atoms with Crippen molar-refractivity contribution in [1.29, 1.82) is 0 Å². The highest BCUT2D eigenvalue weighted by molar-refractivity contribution is 6.09. The number of ketones is 1. The number of rotatable bonds is 4. The number of nitrogens with one attached hydrogen (secondary N) is 1. The first kappa shape index (κ1) is 19.9. The van der Waals surface area contributed by atoms with Gasteiger partial charge in [-0.05, 0) is 18.2 Å². The van der Waals surface area contributed by atoms with Gasteiger partial charge in [0.25, 0.3) is 0 Å². The maximum atomic E-state index is 15.0. The minimum absolute atomic E-state index is 0.166. The lowest BCUT2D eigenvalue weighted by Crippen LogP contribution is -2.15. The van der Waals surface area contributed by atoms with Crippen LogP contribution in [0.3, 0.4) is 0 Å². The van der Waals surface area contributed by atoms with E-state index in [2.05, 4.69) is 15.0 Å². The molecule has 3 aromatic heterocycles. The van der Waals surface area contributed by atoms with E-state index < -0.39 is 11.8 Å². The molecule has 5 rings (SSSR count). The number of methoxy groups -OCH3 is 1. The molecule has 4 heterocycles. The number of halogens is 1. The number of carbonyl (C=O) groups is 2. The molecule has 3 N–H and O–H groups in total. The van der Waals surface area contributed by atoms with Crippen LogP contribution in [0.25, 0.3) is 22.2 Å². The Balaban J connectivity index is 1.51. The Hall–Kier alpha value is -4.05. The molecule has 0 radical (unpaired) electrons. The maximum absolute atomic E-state index is 15.0. The van der Waals surface area contributed by atoms with Crippen LogP contribution in [0.4, 0.5) is 10.2 Å². The monoisotopic (exact) mass is 435 g/mol. The number of imidazole rings is 1. The number of ether oxygens (including phenoxy) is 2. The van der Waals surface area contributed by atoms with E-state index in [4.69, 9.17) is 15.2 Å². The summed E-state index contributed by atoms with van der Waals surface area (Å²) in [5, 5.41) is 0.463. The number of aromatic nitrogens is 4. The Morgan fingerprint density at radius 1 is 1.31 bits per heavy atom. The van der Waals surface area contributed by atoms with E-state index in [-0.39, 0.29) is 34.0 Å². The van der Waals surface area contributed by atoms with Gasteiger partial charge < -0.3 is 24.8 Å². The highest BCUT2D eigenvalue weighted by Gasteiger charge is 2.21. The van der Waals surface area contributed by atoms with Crippen molar-refractivity contribution >= 4 is 28.5 Å². The third-order valence-electron chi connectivity index (χ3n) is 5.42. The maximum Gasteiger partial charge on any atom is 0.340 e. The molecule has 0 saturated heterocycles. The summed E-state index contributed by atoms with van der Waals surface area (Å²) in [5.41, 5.74) is 7.53. The van der Waals surface area contributed by atoms with Crippen molar-refractivity contribution < 1.29 is 23.5 Å². The van der Waals surface area contributed by atoms with E-state index in [0.717, 1.165) is 0 Å². The van der Waals surface area contributed by atoms with Gasteiger partial charge >= 0.3 is 5.97 Å². The number of aromatic amines is 1. The highest BCUT2D eigenvalue weighted by atomic mass is 19.1. The average molecular weight is 435 g/mol. The van der Waals surface area contributed by atoms with E-state index in [1.54, 1.807) is 12.3 Å². The predicted molar refractivity (Wildman–Crippen MR) is 113 cm³/mol. The lowest BCUT2D eigenvalue weighted by Gasteiger charge is -2.13. The van der Waals surface area contributed by atoms with E-state index in [1.807, 2.05) is 4.57 Å². The average Bonchev–Trinajstić information content (AvgIpc) is 3.43. The summed E-state index contributed by atoms with van der Waals surface area (Å²) in [4.78, 5) is 36.2. The van der Waals surface area contributed by atoms with Crippen LogP contribution in [0, 0.1) is 5.82 Å². The quantitative estimate of drug-likeness (QED) is 0.373. The Morgan fingerprint density at radius 3 is 2.91 bits per heavy atom. The topological polar surface area (TPSA) is 125 Å². The SMILES string of the molecule is COC(=O)c1cnc(N)c2[nH]c(-c3ccc(C(=O)c4cn5c(n4)COCC5)cc3F)cc12. The lowest BCUT2D eigenvalue weighted by molar-refractivity contribution is 0.0602. The molecule has 0 unspecified atom stereocenters. The standard InChI is InChI=1S/C22H18FN5O4/c1-31-22(30)14-8-25-21(24)19-13(14)7-16(27-19)12-3-2-11(6-15(12)23)20(29)17-9-28-4-5-32-10-18(28)26-17/h2-3,6-9,27H,4-5,10H2,1H3,(H2,24,25). The molecule has 0 bridgehead atoms. The van der Waals surface area contributed by atoms with Crippen molar-refractivity contribution in [3.8, 4) is 11.3 Å². The van der Waals surface area contributed by atoms with Gasteiger partial charge in [-0.25, -0.2) is 19.2 Å². The second-order valence-corrected chi connectivity index (χ2v) is 7.33. The Morgan fingerprint density at radius 2 is 2.16 bits per heavy atom. The molecule has 0 saturated carbocycles. The zero-order valence-electron chi connectivity index (χ0n) is 17.0. The number of anilines is 1. The fraction of sp³-hybridized carbons (Fsp3) is 0.182. The van der Waals surface area contributed by atoms with E-state index >= 15 is 4.39 Å². The van der Waals surface area contributed by atoms with Gasteiger partial charge in [0.15, 0.2) is 0 Å². The number of hydrogen-bond acceptors (Lipinski definition) is 7. The molecule has 1 aliphatic rings. The number of hydrogen-bond donors (Lipinski definition) is 2. The molecule has 1 aromatic carbocycles. The number of nitrogens with two attached hydrogens (primary N) is 1. The number of nitrogens with zero attached hydrogens (tertiary/aromatic N) is 3. The highest BCUT2D eigenvalue weighted by Crippen LogP contribution is 2.31. The summed E-state index contributed by atoms with van der Waals surface area (Å²) in [6, 6.07) is 5.79. The fourth-order valence-corrected chi connectivity index (χ4v) is 3.78. The van der Waals surface area contributed by atoms with Gasteiger partial charge in [0.05, 0.1) is 24.8 Å². The van der Waals surface area contributed by atoms with Gasteiger partial charge in [-0.1, -0.05) is 6.07 Å². The van der Waals surface area contributed by atoms with Crippen molar-refractivity contribution in [1.82, 2.24) is 19.5 Å². The first-order valence-corrected chi connectivity index (χ1v) is 9.80. The lowest BCUT2D eigenvalue weighted by atomic mass is 10.0. The predicted octanol–water partition coefficient (Wildman–Crippen LogP) is 2.70. The van der Waals surface area contributed by atoms with Gasteiger partial charge in [0.1, 0.15) is 29.8 Å². The van der Waals surface area contributed by atoms with Crippen LogP contribution in [0.1, 0.15) is 32.2 Å². The Bertz CT molecular complexity index is 1370. The van der Waals surface area contributed by atoms with Crippen LogP contribution in [-0.4, -0.2) is 45.0 Å².